The Labute approximate surface area is 175 Å². The molecule has 1 aromatic heterocycles. The number of hydrogen-bond acceptors (Lipinski definition) is 4. The highest BCUT2D eigenvalue weighted by atomic mass is 16.5. The summed E-state index contributed by atoms with van der Waals surface area (Å²) in [5, 5.41) is 0. The van der Waals surface area contributed by atoms with Crippen LogP contribution in [0.1, 0.15) is 18.0 Å². The van der Waals surface area contributed by atoms with Crippen LogP contribution in [-0.4, -0.2) is 65.2 Å². The van der Waals surface area contributed by atoms with E-state index in [1.165, 1.54) is 0 Å². The molecular formula is C23H28N4O3. The van der Waals surface area contributed by atoms with E-state index in [1.54, 1.807) is 4.57 Å². The summed E-state index contributed by atoms with van der Waals surface area (Å²) in [4.78, 5) is 32.5. The molecule has 1 aliphatic heterocycles. The van der Waals surface area contributed by atoms with Gasteiger partial charge in [-0.1, -0.05) is 42.5 Å². The van der Waals surface area contributed by atoms with Crippen LogP contribution >= 0.6 is 0 Å². The summed E-state index contributed by atoms with van der Waals surface area (Å²) in [7, 11) is 4.02. The zero-order chi connectivity index (χ0) is 21.1. The van der Waals surface area contributed by atoms with Crippen LogP contribution in [0.15, 0.2) is 59.4 Å². The van der Waals surface area contributed by atoms with Crippen molar-refractivity contribution in [2.45, 2.75) is 25.1 Å². The number of imidazole rings is 1. The molecule has 2 atom stereocenters. The molecule has 3 aromatic rings. The first-order chi connectivity index (χ1) is 14.5. The Morgan fingerprint density at radius 2 is 1.87 bits per heavy atom. The van der Waals surface area contributed by atoms with E-state index in [2.05, 4.69) is 9.88 Å². The molecule has 7 nitrogen and oxygen atoms in total. The van der Waals surface area contributed by atoms with Crippen LogP contribution < -0.4 is 5.69 Å². The number of nitrogens with one attached hydrogen (secondary N) is 1. The summed E-state index contributed by atoms with van der Waals surface area (Å²) in [6, 6.07) is 17.5. The average Bonchev–Trinajstić information content (AvgIpc) is 3.07. The molecule has 2 aromatic carbocycles. The molecule has 158 valence electrons. The molecule has 1 N–H and O–H groups in total. The summed E-state index contributed by atoms with van der Waals surface area (Å²) in [6.45, 7) is 2.13. The second-order valence-corrected chi connectivity index (χ2v) is 7.96. The fourth-order valence-electron chi connectivity index (χ4n) is 4.25. The molecule has 7 heteroatoms. The number of morpholine rings is 1. The standard InChI is InChI=1S/C23H28N4O3/c1-25(2)16-20-22(17-8-4-3-5-9-17)27(14-15-30-20)21(28)12-13-26-19-11-7-6-10-18(19)24-23(26)29/h3-11,20,22H,12-16H2,1-2H3,(H,24,29)/t20-,22-/m0/s1. The third-order valence-corrected chi connectivity index (χ3v) is 5.59. The highest BCUT2D eigenvalue weighted by molar-refractivity contribution is 5.78. The van der Waals surface area contributed by atoms with Gasteiger partial charge in [-0.05, 0) is 31.8 Å². The number of hydrogen-bond donors (Lipinski definition) is 1. The van der Waals surface area contributed by atoms with Gasteiger partial charge in [0.25, 0.3) is 0 Å². The number of H-pyrrole nitrogens is 1. The van der Waals surface area contributed by atoms with E-state index in [-0.39, 0.29) is 30.2 Å². The lowest BCUT2D eigenvalue weighted by Crippen LogP contribution is -2.51. The van der Waals surface area contributed by atoms with Crippen LogP contribution in [0.2, 0.25) is 0 Å². The molecule has 1 saturated heterocycles. The number of likely N-dealkylation sites (N-methyl/N-ethyl adjacent to an activating group) is 1. The lowest BCUT2D eigenvalue weighted by molar-refractivity contribution is -0.148. The quantitative estimate of drug-likeness (QED) is 0.679. The van der Waals surface area contributed by atoms with E-state index in [0.29, 0.717) is 19.7 Å². The molecule has 0 saturated carbocycles. The molecule has 1 fully saturated rings. The van der Waals surface area contributed by atoms with Gasteiger partial charge in [-0.3, -0.25) is 9.36 Å². The zero-order valence-corrected chi connectivity index (χ0v) is 17.5. The molecule has 0 spiro atoms. The van der Waals surface area contributed by atoms with Crippen molar-refractivity contribution < 1.29 is 9.53 Å². The number of ether oxygens (including phenoxy) is 1. The number of amides is 1. The van der Waals surface area contributed by atoms with Gasteiger partial charge in [0.1, 0.15) is 0 Å². The molecule has 0 aliphatic carbocycles. The number of carbonyl (C=O) groups is 1. The monoisotopic (exact) mass is 408 g/mol. The summed E-state index contributed by atoms with van der Waals surface area (Å²) in [5.41, 5.74) is 2.50. The number of para-hydroxylation sites is 2. The van der Waals surface area contributed by atoms with Gasteiger partial charge in [0, 0.05) is 26.1 Å². The summed E-state index contributed by atoms with van der Waals surface area (Å²) in [6.07, 6.45) is 0.163. The number of aryl methyl sites for hydroxylation is 1. The van der Waals surface area contributed by atoms with Crippen LogP contribution in [0.5, 0.6) is 0 Å². The number of aromatic amines is 1. The van der Waals surface area contributed by atoms with E-state index in [0.717, 1.165) is 23.1 Å². The number of fused-ring (bicyclic) bond motifs is 1. The molecule has 0 unspecified atom stereocenters. The van der Waals surface area contributed by atoms with Crippen LogP contribution in [0, 0.1) is 0 Å². The molecular weight excluding hydrogens is 380 g/mol. The minimum Gasteiger partial charge on any atom is -0.373 e. The third-order valence-electron chi connectivity index (χ3n) is 5.59. The van der Waals surface area contributed by atoms with Crippen molar-refractivity contribution in [3.8, 4) is 0 Å². The number of aromatic nitrogens is 2. The Balaban J connectivity index is 1.56. The van der Waals surface area contributed by atoms with Gasteiger partial charge in [0.2, 0.25) is 5.91 Å². The fraction of sp³-hybridized carbons (Fsp3) is 0.391. The van der Waals surface area contributed by atoms with E-state index in [4.69, 9.17) is 4.74 Å². The maximum atomic E-state index is 13.3. The second-order valence-electron chi connectivity index (χ2n) is 7.96. The lowest BCUT2D eigenvalue weighted by atomic mass is 9.97. The van der Waals surface area contributed by atoms with Crippen molar-refractivity contribution in [1.82, 2.24) is 19.4 Å². The summed E-state index contributed by atoms with van der Waals surface area (Å²) >= 11 is 0. The topological polar surface area (TPSA) is 70.6 Å². The Hall–Kier alpha value is -2.90. The predicted molar refractivity (Wildman–Crippen MR) is 116 cm³/mol. The number of nitrogens with zero attached hydrogens (tertiary/aromatic N) is 3. The first-order valence-corrected chi connectivity index (χ1v) is 10.3. The van der Waals surface area contributed by atoms with Crippen LogP contribution in [0.4, 0.5) is 0 Å². The van der Waals surface area contributed by atoms with Gasteiger partial charge in [-0.2, -0.15) is 0 Å². The third kappa shape index (κ3) is 4.17. The predicted octanol–water partition coefficient (Wildman–Crippen LogP) is 2.25. The fourth-order valence-corrected chi connectivity index (χ4v) is 4.25. The number of carbonyl (C=O) groups excluding carboxylic acids is 1. The SMILES string of the molecule is CN(C)C[C@@H]1OCCN(C(=O)CCn2c(=O)[nH]c3ccccc32)[C@H]1c1ccccc1. The largest absolute Gasteiger partial charge is 0.373 e. The molecule has 0 radical (unpaired) electrons. The van der Waals surface area contributed by atoms with Crippen molar-refractivity contribution in [1.29, 1.82) is 0 Å². The maximum absolute atomic E-state index is 13.3. The first kappa shape index (κ1) is 20.4. The van der Waals surface area contributed by atoms with Crippen molar-refractivity contribution in [2.75, 3.05) is 33.8 Å². The first-order valence-electron chi connectivity index (χ1n) is 10.3. The number of rotatable bonds is 6. The normalized spacial score (nSPS) is 19.5. The summed E-state index contributed by atoms with van der Waals surface area (Å²) < 4.78 is 7.71. The average molecular weight is 409 g/mol. The molecule has 0 bridgehead atoms. The Morgan fingerprint density at radius 1 is 1.13 bits per heavy atom. The van der Waals surface area contributed by atoms with Crippen LogP contribution in [-0.2, 0) is 16.1 Å². The van der Waals surface area contributed by atoms with Gasteiger partial charge in [-0.25, -0.2) is 4.79 Å². The van der Waals surface area contributed by atoms with Crippen molar-refractivity contribution in [3.63, 3.8) is 0 Å². The molecule has 1 amide bonds. The van der Waals surface area contributed by atoms with E-state index >= 15 is 0 Å². The van der Waals surface area contributed by atoms with Crippen LogP contribution in [0.25, 0.3) is 11.0 Å². The maximum Gasteiger partial charge on any atom is 0.326 e. The minimum atomic E-state index is -0.184. The smallest absolute Gasteiger partial charge is 0.326 e. The Morgan fingerprint density at radius 3 is 2.63 bits per heavy atom. The minimum absolute atomic E-state index is 0.0353. The Bertz CT molecular complexity index is 1060. The van der Waals surface area contributed by atoms with Crippen molar-refractivity contribution in [3.05, 3.63) is 70.6 Å². The molecule has 4 rings (SSSR count). The highest BCUT2D eigenvalue weighted by Gasteiger charge is 2.36. The molecule has 2 heterocycles. The van der Waals surface area contributed by atoms with Gasteiger partial charge in [0.15, 0.2) is 0 Å². The van der Waals surface area contributed by atoms with Gasteiger partial charge in [0.05, 0.1) is 29.8 Å². The van der Waals surface area contributed by atoms with E-state index in [9.17, 15) is 9.59 Å². The van der Waals surface area contributed by atoms with Gasteiger partial charge in [-0.15, -0.1) is 0 Å². The second kappa shape index (κ2) is 8.85. The molecule has 30 heavy (non-hydrogen) atoms. The molecule has 1 aliphatic rings. The Kier molecular flexibility index (Phi) is 6.01. The van der Waals surface area contributed by atoms with Crippen molar-refractivity contribution >= 4 is 16.9 Å². The number of benzene rings is 2. The lowest BCUT2D eigenvalue weighted by Gasteiger charge is -2.42. The van der Waals surface area contributed by atoms with Crippen LogP contribution in [0.3, 0.4) is 0 Å². The highest BCUT2D eigenvalue weighted by Crippen LogP contribution is 2.30. The zero-order valence-electron chi connectivity index (χ0n) is 17.5. The van der Waals surface area contributed by atoms with E-state index < -0.39 is 0 Å². The van der Waals surface area contributed by atoms with Crippen molar-refractivity contribution in [2.24, 2.45) is 0 Å². The van der Waals surface area contributed by atoms with Gasteiger partial charge < -0.3 is 19.5 Å². The summed E-state index contributed by atoms with van der Waals surface area (Å²) in [5.74, 6) is 0.0353. The van der Waals surface area contributed by atoms with E-state index in [1.807, 2.05) is 73.6 Å². The van der Waals surface area contributed by atoms with Gasteiger partial charge >= 0.3 is 5.69 Å².